The number of unbranched alkanes of at least 4 members (excludes halogenated alkanes) is 2. The summed E-state index contributed by atoms with van der Waals surface area (Å²) in [6, 6.07) is 12.9. The van der Waals surface area contributed by atoms with Gasteiger partial charge in [-0.25, -0.2) is 0 Å². The monoisotopic (exact) mass is 893 g/mol. The van der Waals surface area contributed by atoms with Crippen molar-refractivity contribution in [3.05, 3.63) is 86.5 Å². The average Bonchev–Trinajstić information content (AvgIpc) is 3.08. The molecule has 0 unspecified atom stereocenters. The average molecular weight is 893 g/mol. The Hall–Kier alpha value is -2.77. The van der Waals surface area contributed by atoms with Crippen LogP contribution in [-0.2, 0) is 59.3 Å². The van der Waals surface area contributed by atoms with E-state index in [0.717, 1.165) is 75.0 Å². The van der Waals surface area contributed by atoms with Crippen LogP contribution in [0.25, 0.3) is 0 Å². The normalized spacial score (nSPS) is 13.0. The number of rotatable bonds is 14. The summed E-state index contributed by atoms with van der Waals surface area (Å²) < 4.78 is 5.36. The zero-order valence-electron chi connectivity index (χ0n) is 42.9. The molecule has 0 aliphatic heterocycles. The molecule has 7 heteroatoms. The Bertz CT molecular complexity index is 1730. The van der Waals surface area contributed by atoms with Crippen molar-refractivity contribution in [2.45, 2.75) is 214 Å². The van der Waals surface area contributed by atoms with Gasteiger partial charge in [0, 0.05) is 17.3 Å². The van der Waals surface area contributed by atoms with E-state index in [0.29, 0.717) is 29.6 Å². The van der Waals surface area contributed by atoms with Gasteiger partial charge in [0.1, 0.15) is 17.2 Å². The molecule has 0 fully saturated rings. The quantitative estimate of drug-likeness (QED) is 0.110. The maximum absolute atomic E-state index is 12.0. The number of hydrogen-bond acceptors (Lipinski definition) is 7. The van der Waals surface area contributed by atoms with Crippen LogP contribution in [-0.4, -0.2) is 33.6 Å². The van der Waals surface area contributed by atoms with Crippen LogP contribution >= 0.6 is 23.5 Å². The van der Waals surface area contributed by atoms with Gasteiger partial charge in [-0.05, 0) is 94.9 Å². The summed E-state index contributed by atoms with van der Waals surface area (Å²) in [4.78, 5) is 12.0. The van der Waals surface area contributed by atoms with E-state index in [1.165, 1.54) is 24.0 Å². The highest BCUT2D eigenvalue weighted by Crippen LogP contribution is 2.43. The number of ether oxygens (including phenoxy) is 1. The SMILES string of the molecule is CC(C)(C)c1cc(CSCc2cc(C(C)(C)C)c(O)c(C(C)(C)C)c2)cc(C(C)(C)C)c1O.CC(C)CCCCCOC(=O)CSCc1cc(C(C)(C)C)c(O)c(C(C)(C)C)c1. The van der Waals surface area contributed by atoms with E-state index >= 15 is 0 Å². The molecule has 350 valence electrons. The Morgan fingerprint density at radius 3 is 1.00 bits per heavy atom. The van der Waals surface area contributed by atoms with Crippen LogP contribution in [0.5, 0.6) is 17.2 Å². The minimum Gasteiger partial charge on any atom is -0.507 e. The van der Waals surface area contributed by atoms with Gasteiger partial charge in [-0.3, -0.25) is 4.79 Å². The fraction of sp³-hybridized carbons (Fsp3) is 0.655. The van der Waals surface area contributed by atoms with Crippen molar-refractivity contribution in [3.63, 3.8) is 0 Å². The Morgan fingerprint density at radius 1 is 0.468 bits per heavy atom. The highest BCUT2D eigenvalue weighted by molar-refractivity contribution is 7.99. The molecule has 0 bridgehead atoms. The van der Waals surface area contributed by atoms with Crippen LogP contribution in [0, 0.1) is 5.92 Å². The molecule has 0 heterocycles. The lowest BCUT2D eigenvalue weighted by atomic mass is 9.78. The van der Waals surface area contributed by atoms with Gasteiger partial charge < -0.3 is 20.1 Å². The summed E-state index contributed by atoms with van der Waals surface area (Å²) in [5.74, 6) is 4.73. The number of phenols is 3. The van der Waals surface area contributed by atoms with Crippen LogP contribution in [0.3, 0.4) is 0 Å². The van der Waals surface area contributed by atoms with Crippen molar-refractivity contribution in [1.29, 1.82) is 0 Å². The lowest BCUT2D eigenvalue weighted by Gasteiger charge is -2.28. The molecule has 0 spiro atoms. The van der Waals surface area contributed by atoms with Gasteiger partial charge in [-0.1, -0.05) is 194 Å². The molecular formula is C55H88O5S2. The maximum Gasteiger partial charge on any atom is 0.315 e. The summed E-state index contributed by atoms with van der Waals surface area (Å²) in [5, 5.41) is 32.8. The third kappa shape index (κ3) is 17.3. The van der Waals surface area contributed by atoms with Gasteiger partial charge in [-0.15, -0.1) is 11.8 Å². The van der Waals surface area contributed by atoms with Gasteiger partial charge in [0.15, 0.2) is 0 Å². The first-order valence-corrected chi connectivity index (χ1v) is 25.3. The molecule has 0 aromatic heterocycles. The number of benzene rings is 3. The molecule has 3 aromatic rings. The Balaban J connectivity index is 0.000000431. The minimum atomic E-state index is -0.140. The zero-order valence-corrected chi connectivity index (χ0v) is 44.5. The largest absolute Gasteiger partial charge is 0.507 e. The third-order valence-corrected chi connectivity index (χ3v) is 13.1. The van der Waals surface area contributed by atoms with Crippen molar-refractivity contribution in [2.24, 2.45) is 5.92 Å². The standard InChI is InChI=1S/C30H46O2S.C25H42O3S/c1-27(2,3)21-13-19(14-22(25(21)31)28(4,5)6)17-33-18-20-15-23(29(7,8)9)26(32)24(16-20)30(10,11)12;1-18(2)12-10-9-11-13-28-22(26)17-29-16-19-14-20(24(3,4)5)23(27)21(15-19)25(6,7)8/h13-16,31-32H,17-18H2,1-12H3;14-15,18,27H,9-13,16-17H2,1-8H3. The number of aromatic hydroxyl groups is 3. The number of hydrogen-bond donors (Lipinski definition) is 3. The lowest BCUT2D eigenvalue weighted by Crippen LogP contribution is -2.18. The number of phenolic OH excluding ortho intramolecular Hbond substituents is 3. The number of carbonyl (C=O) groups is 1. The molecule has 5 nitrogen and oxygen atoms in total. The molecule has 0 saturated heterocycles. The molecule has 3 rings (SSSR count). The van der Waals surface area contributed by atoms with Gasteiger partial charge in [0.25, 0.3) is 0 Å². The van der Waals surface area contributed by atoms with E-state index in [9.17, 15) is 20.1 Å². The Labute approximate surface area is 388 Å². The zero-order chi connectivity index (χ0) is 47.8. The highest BCUT2D eigenvalue weighted by Gasteiger charge is 2.29. The van der Waals surface area contributed by atoms with Crippen LogP contribution in [0.4, 0.5) is 0 Å². The summed E-state index contributed by atoms with van der Waals surface area (Å²) in [5.41, 5.74) is 8.86. The molecule has 0 aliphatic rings. The highest BCUT2D eigenvalue weighted by atomic mass is 32.2. The smallest absolute Gasteiger partial charge is 0.315 e. The van der Waals surface area contributed by atoms with Crippen molar-refractivity contribution in [1.82, 2.24) is 0 Å². The van der Waals surface area contributed by atoms with Crippen molar-refractivity contribution in [2.75, 3.05) is 12.4 Å². The summed E-state index contributed by atoms with van der Waals surface area (Å²) in [7, 11) is 0. The molecule has 62 heavy (non-hydrogen) atoms. The fourth-order valence-corrected chi connectivity index (χ4v) is 9.02. The minimum absolute atomic E-state index is 0.120. The molecule has 3 N–H and O–H groups in total. The first-order valence-electron chi connectivity index (χ1n) is 23.0. The second-order valence-corrected chi connectivity index (χ2v) is 26.0. The van der Waals surface area contributed by atoms with E-state index in [4.69, 9.17) is 4.74 Å². The number of thioether (sulfide) groups is 2. The first kappa shape index (κ1) is 55.4. The van der Waals surface area contributed by atoms with E-state index in [2.05, 4.69) is 175 Å². The van der Waals surface area contributed by atoms with Crippen molar-refractivity contribution in [3.8, 4) is 17.2 Å². The van der Waals surface area contributed by atoms with E-state index < -0.39 is 0 Å². The van der Waals surface area contributed by atoms with E-state index in [1.807, 2.05) is 11.8 Å². The van der Waals surface area contributed by atoms with Gasteiger partial charge in [-0.2, -0.15) is 11.8 Å². The predicted octanol–water partition coefficient (Wildman–Crippen LogP) is 15.7. The molecule has 3 aromatic carbocycles. The Morgan fingerprint density at radius 2 is 0.742 bits per heavy atom. The number of carbonyl (C=O) groups excluding carboxylic acids is 1. The Kier molecular flexibility index (Phi) is 19.6. The molecule has 0 radical (unpaired) electrons. The van der Waals surface area contributed by atoms with Crippen LogP contribution < -0.4 is 0 Å². The van der Waals surface area contributed by atoms with Crippen molar-refractivity contribution >= 4 is 29.5 Å². The second kappa shape index (κ2) is 21.9. The molecule has 0 amide bonds. The molecule has 0 aliphatic carbocycles. The van der Waals surface area contributed by atoms with E-state index in [1.54, 1.807) is 11.8 Å². The molecule has 0 atom stereocenters. The number of esters is 1. The van der Waals surface area contributed by atoms with Crippen molar-refractivity contribution < 1.29 is 24.9 Å². The first-order chi connectivity index (χ1) is 28.0. The molecular weight excluding hydrogens is 805 g/mol. The summed E-state index contributed by atoms with van der Waals surface area (Å²) in [6.07, 6.45) is 4.52. The van der Waals surface area contributed by atoms with Crippen LogP contribution in [0.2, 0.25) is 0 Å². The maximum atomic E-state index is 12.0. The van der Waals surface area contributed by atoms with Crippen LogP contribution in [0.1, 0.15) is 214 Å². The third-order valence-electron chi connectivity index (χ3n) is 11.1. The topological polar surface area (TPSA) is 87.0 Å². The van der Waals surface area contributed by atoms with Gasteiger partial charge in [0.2, 0.25) is 0 Å². The predicted molar refractivity (Wildman–Crippen MR) is 272 cm³/mol. The van der Waals surface area contributed by atoms with Crippen LogP contribution in [0.15, 0.2) is 36.4 Å². The lowest BCUT2D eigenvalue weighted by molar-refractivity contribution is -0.140. The summed E-state index contributed by atoms with van der Waals surface area (Å²) >= 11 is 3.46. The molecule has 0 saturated carbocycles. The second-order valence-electron chi connectivity index (χ2n) is 24.1. The van der Waals surface area contributed by atoms with Gasteiger partial charge >= 0.3 is 5.97 Å². The van der Waals surface area contributed by atoms with E-state index in [-0.39, 0.29) is 38.5 Å². The van der Waals surface area contributed by atoms with Gasteiger partial charge in [0.05, 0.1) is 12.4 Å². The summed E-state index contributed by atoms with van der Waals surface area (Å²) in [6.45, 7) is 43.6. The fourth-order valence-electron chi connectivity index (χ4n) is 7.36.